The van der Waals surface area contributed by atoms with Gasteiger partial charge in [0.2, 0.25) is 0 Å². The van der Waals surface area contributed by atoms with E-state index in [4.69, 9.17) is 4.74 Å². The summed E-state index contributed by atoms with van der Waals surface area (Å²) in [6.07, 6.45) is 5.54. The fraction of sp³-hybridized carbons (Fsp3) is 0.474. The van der Waals surface area contributed by atoms with Gasteiger partial charge in [0, 0.05) is 46.1 Å². The van der Waals surface area contributed by atoms with Crippen molar-refractivity contribution in [3.63, 3.8) is 0 Å². The molecule has 0 saturated carbocycles. The molecular weight excluding hydrogens is 319 g/mol. The maximum absolute atomic E-state index is 13.8. The van der Waals surface area contributed by atoms with Crippen molar-refractivity contribution in [3.05, 3.63) is 53.7 Å². The third kappa shape index (κ3) is 4.96. The van der Waals surface area contributed by atoms with Gasteiger partial charge in [0.05, 0.1) is 18.4 Å². The van der Waals surface area contributed by atoms with Crippen LogP contribution in [0, 0.1) is 5.82 Å². The third-order valence-corrected chi connectivity index (χ3v) is 4.45. The molecule has 134 valence electrons. The third-order valence-electron chi connectivity index (χ3n) is 4.45. The lowest BCUT2D eigenvalue weighted by Crippen LogP contribution is -2.42. The maximum atomic E-state index is 13.8. The minimum absolute atomic E-state index is 0.163. The van der Waals surface area contributed by atoms with E-state index in [9.17, 15) is 4.39 Å². The Morgan fingerprint density at radius 1 is 1.28 bits per heavy atom. The maximum Gasteiger partial charge on any atom is 0.146 e. The fourth-order valence-corrected chi connectivity index (χ4v) is 3.03. The largest absolute Gasteiger partial charge is 0.376 e. The van der Waals surface area contributed by atoms with E-state index in [1.165, 1.54) is 11.6 Å². The van der Waals surface area contributed by atoms with E-state index in [1.807, 2.05) is 25.2 Å². The van der Waals surface area contributed by atoms with Crippen molar-refractivity contribution in [1.29, 1.82) is 0 Å². The van der Waals surface area contributed by atoms with Crippen molar-refractivity contribution in [2.75, 3.05) is 38.7 Å². The Morgan fingerprint density at radius 2 is 2.16 bits per heavy atom. The van der Waals surface area contributed by atoms with Gasteiger partial charge in [-0.3, -0.25) is 9.88 Å². The Bertz CT molecular complexity index is 695. The van der Waals surface area contributed by atoms with E-state index in [2.05, 4.69) is 27.0 Å². The van der Waals surface area contributed by atoms with Gasteiger partial charge >= 0.3 is 0 Å². The first-order valence-electron chi connectivity index (χ1n) is 8.67. The molecule has 1 aliphatic rings. The molecule has 5 nitrogen and oxygen atoms in total. The quantitative estimate of drug-likeness (QED) is 0.805. The molecule has 1 fully saturated rings. The zero-order valence-corrected chi connectivity index (χ0v) is 14.9. The summed E-state index contributed by atoms with van der Waals surface area (Å²) in [6, 6.07) is 7.25. The molecule has 2 aromatic rings. The summed E-state index contributed by atoms with van der Waals surface area (Å²) in [7, 11) is 3.98. The van der Waals surface area contributed by atoms with Gasteiger partial charge in [0.1, 0.15) is 11.6 Å². The topological polar surface area (TPSA) is 41.5 Å². The van der Waals surface area contributed by atoms with E-state index < -0.39 is 0 Å². The molecule has 1 aliphatic heterocycles. The zero-order valence-electron chi connectivity index (χ0n) is 14.9. The van der Waals surface area contributed by atoms with Gasteiger partial charge in [0.25, 0.3) is 0 Å². The van der Waals surface area contributed by atoms with Gasteiger partial charge in [-0.25, -0.2) is 9.37 Å². The minimum Gasteiger partial charge on any atom is -0.376 e. The standard InChI is InChI=1S/C19H25FN4O/c1-23(2)19-12-15(7-9-22-19)5-6-16-13-24(10-11-25-16)14-18-17(20)4-3-8-21-18/h3-4,7-9,12,16H,5-6,10-11,13-14H2,1-2H3/t16-/m0/s1. The molecule has 1 atom stereocenters. The molecule has 1 saturated heterocycles. The number of pyridine rings is 2. The minimum atomic E-state index is -0.237. The molecule has 6 heteroatoms. The monoisotopic (exact) mass is 344 g/mol. The number of nitrogens with zero attached hydrogens (tertiary/aromatic N) is 4. The molecule has 0 bridgehead atoms. The van der Waals surface area contributed by atoms with Crippen LogP contribution < -0.4 is 4.90 Å². The summed E-state index contributed by atoms with van der Waals surface area (Å²) in [6.45, 7) is 2.83. The van der Waals surface area contributed by atoms with Crippen LogP contribution in [0.15, 0.2) is 36.7 Å². The van der Waals surface area contributed by atoms with Crippen molar-refractivity contribution < 1.29 is 9.13 Å². The molecule has 0 radical (unpaired) electrons. The first-order chi connectivity index (χ1) is 12.1. The van der Waals surface area contributed by atoms with Gasteiger partial charge in [-0.15, -0.1) is 0 Å². The van der Waals surface area contributed by atoms with Crippen LogP contribution in [0.3, 0.4) is 0 Å². The van der Waals surface area contributed by atoms with E-state index >= 15 is 0 Å². The van der Waals surface area contributed by atoms with E-state index in [0.29, 0.717) is 18.8 Å². The summed E-state index contributed by atoms with van der Waals surface area (Å²) in [4.78, 5) is 12.7. The Labute approximate surface area is 148 Å². The molecule has 3 heterocycles. The second kappa shape index (κ2) is 8.36. The number of halogens is 1. The summed E-state index contributed by atoms with van der Waals surface area (Å²) in [5.74, 6) is 0.729. The normalized spacial score (nSPS) is 18.3. The summed E-state index contributed by atoms with van der Waals surface area (Å²) < 4.78 is 19.7. The highest BCUT2D eigenvalue weighted by Gasteiger charge is 2.21. The molecule has 3 rings (SSSR count). The molecule has 0 spiro atoms. The number of morpholine rings is 1. The lowest BCUT2D eigenvalue weighted by Gasteiger charge is -2.32. The number of aromatic nitrogens is 2. The fourth-order valence-electron chi connectivity index (χ4n) is 3.03. The molecule has 0 amide bonds. The van der Waals surface area contributed by atoms with Crippen molar-refractivity contribution in [1.82, 2.24) is 14.9 Å². The van der Waals surface area contributed by atoms with Crippen molar-refractivity contribution in [2.24, 2.45) is 0 Å². The predicted molar refractivity (Wildman–Crippen MR) is 96.1 cm³/mol. The van der Waals surface area contributed by atoms with Crippen molar-refractivity contribution in [2.45, 2.75) is 25.5 Å². The van der Waals surface area contributed by atoms with Crippen LogP contribution in [-0.2, 0) is 17.7 Å². The van der Waals surface area contributed by atoms with Crippen LogP contribution in [0.5, 0.6) is 0 Å². The highest BCUT2D eigenvalue weighted by atomic mass is 19.1. The zero-order chi connectivity index (χ0) is 17.6. The van der Waals surface area contributed by atoms with E-state index in [-0.39, 0.29) is 11.9 Å². The van der Waals surface area contributed by atoms with Crippen LogP contribution in [0.2, 0.25) is 0 Å². The predicted octanol–water partition coefficient (Wildman–Crippen LogP) is 2.52. The first kappa shape index (κ1) is 17.8. The van der Waals surface area contributed by atoms with Gasteiger partial charge in [0.15, 0.2) is 0 Å². The molecule has 0 N–H and O–H groups in total. The average molecular weight is 344 g/mol. The molecule has 0 aromatic carbocycles. The number of ether oxygens (including phenoxy) is 1. The summed E-state index contributed by atoms with van der Waals surface area (Å²) in [5, 5.41) is 0. The number of anilines is 1. The molecule has 0 unspecified atom stereocenters. The number of rotatable bonds is 6. The second-order valence-corrected chi connectivity index (χ2v) is 6.62. The van der Waals surface area contributed by atoms with Crippen LogP contribution in [0.1, 0.15) is 17.7 Å². The molecule has 25 heavy (non-hydrogen) atoms. The Hall–Kier alpha value is -2.05. The van der Waals surface area contributed by atoms with Gasteiger partial charge < -0.3 is 9.64 Å². The number of hydrogen-bond acceptors (Lipinski definition) is 5. The van der Waals surface area contributed by atoms with Crippen LogP contribution in [0.4, 0.5) is 10.2 Å². The molecule has 0 aliphatic carbocycles. The Morgan fingerprint density at radius 3 is 2.96 bits per heavy atom. The Balaban J connectivity index is 1.53. The second-order valence-electron chi connectivity index (χ2n) is 6.62. The number of hydrogen-bond donors (Lipinski definition) is 0. The van der Waals surface area contributed by atoms with E-state index in [1.54, 1.807) is 12.3 Å². The SMILES string of the molecule is CN(C)c1cc(CC[C@H]2CN(Cc3ncccc3F)CCO2)ccn1. The van der Waals surface area contributed by atoms with Crippen LogP contribution in [0.25, 0.3) is 0 Å². The number of aryl methyl sites for hydroxylation is 1. The average Bonchev–Trinajstić information content (AvgIpc) is 2.62. The van der Waals surface area contributed by atoms with Gasteiger partial charge in [-0.1, -0.05) is 0 Å². The lowest BCUT2D eigenvalue weighted by molar-refractivity contribution is -0.0352. The smallest absolute Gasteiger partial charge is 0.146 e. The van der Waals surface area contributed by atoms with Crippen LogP contribution in [-0.4, -0.2) is 54.8 Å². The first-order valence-corrected chi connectivity index (χ1v) is 8.67. The summed E-state index contributed by atoms with van der Waals surface area (Å²) >= 11 is 0. The molecule has 2 aromatic heterocycles. The van der Waals surface area contributed by atoms with Gasteiger partial charge in [-0.2, -0.15) is 0 Å². The molecular formula is C19H25FN4O. The van der Waals surface area contributed by atoms with Crippen molar-refractivity contribution in [3.8, 4) is 0 Å². The highest BCUT2D eigenvalue weighted by molar-refractivity contribution is 5.39. The summed E-state index contributed by atoms with van der Waals surface area (Å²) in [5.41, 5.74) is 1.77. The lowest BCUT2D eigenvalue weighted by atomic mass is 10.1. The van der Waals surface area contributed by atoms with Gasteiger partial charge in [-0.05, 0) is 42.7 Å². The highest BCUT2D eigenvalue weighted by Crippen LogP contribution is 2.17. The Kier molecular flexibility index (Phi) is 5.94. The van der Waals surface area contributed by atoms with E-state index in [0.717, 1.165) is 31.7 Å². The van der Waals surface area contributed by atoms with Crippen molar-refractivity contribution >= 4 is 5.82 Å². The van der Waals surface area contributed by atoms with Crippen LogP contribution >= 0.6 is 0 Å².